The number of rotatable bonds is 14. The maximum absolute atomic E-state index is 13.3. The maximum atomic E-state index is 13.3. The van der Waals surface area contributed by atoms with E-state index in [1.165, 1.54) is 77.8 Å². The number of hydrogen-bond acceptors (Lipinski definition) is 12. The smallest absolute Gasteiger partial charge is 0.343 e. The Morgan fingerprint density at radius 2 is 1.21 bits per heavy atom. The number of ether oxygens (including phenoxy) is 8. The summed E-state index contributed by atoms with van der Waals surface area (Å²) in [7, 11) is 8.60. The van der Waals surface area contributed by atoms with E-state index in [0.29, 0.717) is 11.5 Å². The first-order chi connectivity index (χ1) is 20.3. The van der Waals surface area contributed by atoms with Gasteiger partial charge in [-0.15, -0.1) is 0 Å². The lowest BCUT2D eigenvalue weighted by Crippen LogP contribution is -2.20. The molecule has 0 aliphatic heterocycles. The molecule has 226 valence electrons. The van der Waals surface area contributed by atoms with Crippen LogP contribution in [0.1, 0.15) is 38.0 Å². The molecule has 0 saturated carbocycles. The van der Waals surface area contributed by atoms with Gasteiger partial charge in [-0.3, -0.25) is 4.79 Å². The molecule has 2 aromatic carbocycles. The second-order valence-corrected chi connectivity index (χ2v) is 8.27. The first kappa shape index (κ1) is 31.4. The van der Waals surface area contributed by atoms with Crippen LogP contribution in [0.3, 0.4) is 0 Å². The predicted octanol–water partition coefficient (Wildman–Crippen LogP) is 3.22. The molecule has 14 nitrogen and oxygen atoms in total. The number of benzene rings is 2. The second-order valence-electron chi connectivity index (χ2n) is 8.27. The number of methoxy groups -OCH3 is 6. The van der Waals surface area contributed by atoms with Gasteiger partial charge in [0.2, 0.25) is 11.5 Å². The molecule has 3 aromatic rings. The number of amides is 1. The molecule has 0 spiro atoms. The fourth-order valence-electron chi connectivity index (χ4n) is 3.94. The summed E-state index contributed by atoms with van der Waals surface area (Å²) in [6, 6.07) is 5.83. The molecule has 0 unspecified atom stereocenters. The summed E-state index contributed by atoms with van der Waals surface area (Å²) in [4.78, 5) is 38.7. The number of esters is 2. The van der Waals surface area contributed by atoms with Gasteiger partial charge in [-0.05, 0) is 31.2 Å². The van der Waals surface area contributed by atoms with Crippen LogP contribution in [0.15, 0.2) is 30.5 Å². The number of carbonyl (C=O) groups excluding carboxylic acids is 3. The van der Waals surface area contributed by atoms with Gasteiger partial charge in [0.1, 0.15) is 18.0 Å². The normalized spacial score (nSPS) is 10.4. The third kappa shape index (κ3) is 6.77. The van der Waals surface area contributed by atoms with Crippen molar-refractivity contribution in [1.29, 1.82) is 0 Å². The van der Waals surface area contributed by atoms with Crippen LogP contribution < -0.4 is 33.7 Å². The Labute approximate surface area is 242 Å². The van der Waals surface area contributed by atoms with Gasteiger partial charge in [0.05, 0.1) is 67.6 Å². The summed E-state index contributed by atoms with van der Waals surface area (Å²) >= 11 is 0. The van der Waals surface area contributed by atoms with E-state index in [2.05, 4.69) is 10.4 Å². The number of carbonyl (C=O) groups is 3. The largest absolute Gasteiger partial charge is 0.493 e. The lowest BCUT2D eigenvalue weighted by atomic mass is 10.1. The van der Waals surface area contributed by atoms with Gasteiger partial charge in [0.15, 0.2) is 23.0 Å². The molecule has 0 fully saturated rings. The van der Waals surface area contributed by atoms with Gasteiger partial charge in [0.25, 0.3) is 5.91 Å². The lowest BCUT2D eigenvalue weighted by Gasteiger charge is -2.15. The molecule has 1 aromatic heterocycles. The Hall–Kier alpha value is -5.14. The van der Waals surface area contributed by atoms with E-state index in [1.807, 2.05) is 0 Å². The average Bonchev–Trinajstić information content (AvgIpc) is 3.41. The van der Waals surface area contributed by atoms with Crippen molar-refractivity contribution >= 4 is 23.7 Å². The van der Waals surface area contributed by atoms with Gasteiger partial charge in [-0.1, -0.05) is 0 Å². The van der Waals surface area contributed by atoms with Crippen LogP contribution in [0.4, 0.5) is 5.82 Å². The van der Waals surface area contributed by atoms with E-state index in [-0.39, 0.29) is 65.3 Å². The number of hydrogen-bond donors (Lipinski definition) is 1. The lowest BCUT2D eigenvalue weighted by molar-refractivity contribution is 0.0483. The molecule has 1 N–H and O–H groups in total. The van der Waals surface area contributed by atoms with Gasteiger partial charge in [-0.2, -0.15) is 5.10 Å². The Balaban J connectivity index is 1.85. The zero-order valence-corrected chi connectivity index (χ0v) is 24.4. The summed E-state index contributed by atoms with van der Waals surface area (Å²) in [6.07, 6.45) is 1.25. The Kier molecular flexibility index (Phi) is 10.8. The molecule has 0 saturated heterocycles. The highest BCUT2D eigenvalue weighted by Gasteiger charge is 2.24. The number of nitrogens with zero attached hydrogens (tertiary/aromatic N) is 2. The van der Waals surface area contributed by atoms with Crippen LogP contribution >= 0.6 is 0 Å². The predicted molar refractivity (Wildman–Crippen MR) is 149 cm³/mol. The van der Waals surface area contributed by atoms with E-state index >= 15 is 0 Å². The summed E-state index contributed by atoms with van der Waals surface area (Å²) in [5, 5.41) is 6.88. The summed E-state index contributed by atoms with van der Waals surface area (Å²) < 4.78 is 43.7. The van der Waals surface area contributed by atoms with Crippen LogP contribution in [0.25, 0.3) is 0 Å². The van der Waals surface area contributed by atoms with Gasteiger partial charge in [-0.25, -0.2) is 14.3 Å². The zero-order chi connectivity index (χ0) is 30.8. The molecule has 1 heterocycles. The topological polar surface area (TPSA) is 155 Å². The third-order valence-electron chi connectivity index (χ3n) is 5.93. The third-order valence-corrected chi connectivity index (χ3v) is 5.93. The van der Waals surface area contributed by atoms with E-state index in [0.717, 1.165) is 0 Å². The molecule has 14 heteroatoms. The van der Waals surface area contributed by atoms with Crippen LogP contribution in [-0.4, -0.2) is 83.5 Å². The van der Waals surface area contributed by atoms with Crippen molar-refractivity contribution in [3.63, 3.8) is 0 Å². The molecule has 3 rings (SSSR count). The van der Waals surface area contributed by atoms with Crippen molar-refractivity contribution < 1.29 is 52.3 Å². The molecular weight excluding hydrogens is 554 g/mol. The summed E-state index contributed by atoms with van der Waals surface area (Å²) in [6.45, 7) is 1.59. The first-order valence-electron chi connectivity index (χ1n) is 12.6. The van der Waals surface area contributed by atoms with E-state index in [4.69, 9.17) is 37.9 Å². The first-order valence-corrected chi connectivity index (χ1v) is 12.6. The highest BCUT2D eigenvalue weighted by Crippen LogP contribution is 2.39. The van der Waals surface area contributed by atoms with Crippen molar-refractivity contribution in [2.24, 2.45) is 0 Å². The van der Waals surface area contributed by atoms with Gasteiger partial charge < -0.3 is 43.2 Å². The molecule has 0 aliphatic carbocycles. The fraction of sp³-hybridized carbons (Fsp3) is 0.357. The monoisotopic (exact) mass is 587 g/mol. The van der Waals surface area contributed by atoms with E-state index in [1.54, 1.807) is 6.92 Å². The average molecular weight is 588 g/mol. The van der Waals surface area contributed by atoms with E-state index in [9.17, 15) is 14.4 Å². The molecule has 0 bridgehead atoms. The summed E-state index contributed by atoms with van der Waals surface area (Å²) in [5.41, 5.74) is 0.322. The van der Waals surface area contributed by atoms with Crippen molar-refractivity contribution in [3.8, 4) is 34.5 Å². The van der Waals surface area contributed by atoms with E-state index < -0.39 is 17.8 Å². The minimum atomic E-state index is -0.696. The number of aromatic nitrogens is 2. The van der Waals surface area contributed by atoms with Gasteiger partial charge >= 0.3 is 11.9 Å². The number of nitrogens with one attached hydrogen (secondary N) is 1. The quantitative estimate of drug-likeness (QED) is 0.275. The summed E-state index contributed by atoms with van der Waals surface area (Å²) in [5.74, 6) is -0.201. The highest BCUT2D eigenvalue weighted by molar-refractivity contribution is 6.08. The van der Waals surface area contributed by atoms with Crippen LogP contribution in [0, 0.1) is 0 Å². The van der Waals surface area contributed by atoms with Gasteiger partial charge in [0, 0.05) is 5.56 Å². The standard InChI is InChI=1S/C28H33N3O11/c1-8-41-28(34)18-15-29-31(9-10-42-27(33)17-13-21(37-4)24(40-7)22(14-17)38-5)25(18)30-26(32)16-11-19(35-2)23(39-6)20(12-16)36-3/h11-15H,8-10H2,1-7H3,(H,30,32). The second kappa shape index (κ2) is 14.5. The van der Waals surface area contributed by atoms with Crippen LogP contribution in [-0.2, 0) is 16.0 Å². The van der Waals surface area contributed by atoms with Crippen molar-refractivity contribution in [1.82, 2.24) is 9.78 Å². The molecule has 0 atom stereocenters. The SMILES string of the molecule is CCOC(=O)c1cnn(CCOC(=O)c2cc(OC)c(OC)c(OC)c2)c1NC(=O)c1cc(OC)c(OC)c(OC)c1. The zero-order valence-electron chi connectivity index (χ0n) is 24.4. The maximum Gasteiger partial charge on any atom is 0.343 e. The minimum absolute atomic E-state index is 0.00796. The Bertz CT molecular complexity index is 1380. The fourth-order valence-corrected chi connectivity index (χ4v) is 3.94. The molecule has 1 amide bonds. The van der Waals surface area contributed by atoms with Crippen molar-refractivity contribution in [2.75, 3.05) is 61.2 Å². The molecule has 0 aliphatic rings. The Morgan fingerprint density at radius 3 is 1.67 bits per heavy atom. The molecule has 0 radical (unpaired) electrons. The van der Waals surface area contributed by atoms with Crippen LogP contribution in [0.2, 0.25) is 0 Å². The van der Waals surface area contributed by atoms with Crippen LogP contribution in [0.5, 0.6) is 34.5 Å². The van der Waals surface area contributed by atoms with Crippen molar-refractivity contribution in [2.45, 2.75) is 13.5 Å². The molecular formula is C28H33N3O11. The Morgan fingerprint density at radius 1 is 0.714 bits per heavy atom. The minimum Gasteiger partial charge on any atom is -0.493 e. The number of anilines is 1. The highest BCUT2D eigenvalue weighted by atomic mass is 16.5. The van der Waals surface area contributed by atoms with Crippen molar-refractivity contribution in [3.05, 3.63) is 47.2 Å². The molecule has 42 heavy (non-hydrogen) atoms.